The lowest BCUT2D eigenvalue weighted by Crippen LogP contribution is -1.83. The molecular formula is C16H13N. The Hall–Kier alpha value is -2.33. The predicted octanol–water partition coefficient (Wildman–Crippen LogP) is 4.04. The Bertz CT molecular complexity index is 574. The van der Waals surface area contributed by atoms with Crippen molar-refractivity contribution in [2.24, 2.45) is 0 Å². The van der Waals surface area contributed by atoms with Crippen molar-refractivity contribution < 1.29 is 0 Å². The number of rotatable bonds is 2. The van der Waals surface area contributed by atoms with E-state index in [1.165, 1.54) is 0 Å². The van der Waals surface area contributed by atoms with Crippen molar-refractivity contribution in [3.05, 3.63) is 70.8 Å². The zero-order chi connectivity index (χ0) is 12.1. The maximum Gasteiger partial charge on any atom is 0.0998 e. The quantitative estimate of drug-likeness (QED) is 0.699. The van der Waals surface area contributed by atoms with Crippen molar-refractivity contribution in [2.75, 3.05) is 0 Å². The molecule has 1 nitrogen and oxygen atoms in total. The van der Waals surface area contributed by atoms with Crippen molar-refractivity contribution in [1.82, 2.24) is 0 Å². The van der Waals surface area contributed by atoms with Crippen molar-refractivity contribution in [2.45, 2.75) is 6.92 Å². The van der Waals surface area contributed by atoms with Gasteiger partial charge in [0.25, 0.3) is 0 Å². The van der Waals surface area contributed by atoms with E-state index in [4.69, 9.17) is 5.26 Å². The zero-order valence-corrected chi connectivity index (χ0v) is 9.72. The van der Waals surface area contributed by atoms with E-state index in [0.29, 0.717) is 0 Å². The van der Waals surface area contributed by atoms with Crippen LogP contribution in [0.25, 0.3) is 12.2 Å². The Morgan fingerprint density at radius 1 is 1.00 bits per heavy atom. The van der Waals surface area contributed by atoms with Gasteiger partial charge in [0.2, 0.25) is 0 Å². The summed E-state index contributed by atoms with van der Waals surface area (Å²) >= 11 is 0. The van der Waals surface area contributed by atoms with Crippen LogP contribution in [0.5, 0.6) is 0 Å². The summed E-state index contributed by atoms with van der Waals surface area (Å²) in [4.78, 5) is 0. The lowest BCUT2D eigenvalue weighted by Gasteiger charge is -1.99. The van der Waals surface area contributed by atoms with Crippen LogP contribution in [-0.2, 0) is 0 Å². The molecule has 0 bridgehead atoms. The third-order valence-corrected chi connectivity index (χ3v) is 2.58. The Kier molecular flexibility index (Phi) is 3.37. The molecule has 0 N–H and O–H groups in total. The molecule has 0 atom stereocenters. The molecule has 0 saturated heterocycles. The molecule has 2 rings (SSSR count). The molecule has 0 aliphatic carbocycles. The minimum Gasteiger partial charge on any atom is -0.192 e. The molecule has 0 radical (unpaired) electrons. The average molecular weight is 219 g/mol. The number of hydrogen-bond donors (Lipinski definition) is 0. The van der Waals surface area contributed by atoms with Gasteiger partial charge in [0, 0.05) is 0 Å². The standard InChI is InChI=1S/C16H13N/c1-13-7-9-15(16(11-13)12-17)10-8-14-5-3-2-4-6-14/h2-11H,1H3. The van der Waals surface area contributed by atoms with Gasteiger partial charge in [-0.25, -0.2) is 0 Å². The number of benzene rings is 2. The van der Waals surface area contributed by atoms with Crippen molar-refractivity contribution >= 4 is 12.2 Å². The summed E-state index contributed by atoms with van der Waals surface area (Å²) in [6, 6.07) is 18.2. The third kappa shape index (κ3) is 2.83. The van der Waals surface area contributed by atoms with E-state index in [1.807, 2.05) is 67.6 Å². The van der Waals surface area contributed by atoms with Crippen LogP contribution in [0.4, 0.5) is 0 Å². The Labute approximate surface area is 102 Å². The molecule has 0 spiro atoms. The Balaban J connectivity index is 2.31. The van der Waals surface area contributed by atoms with Crippen LogP contribution >= 0.6 is 0 Å². The molecule has 2 aromatic rings. The molecule has 0 unspecified atom stereocenters. The number of nitriles is 1. The largest absolute Gasteiger partial charge is 0.192 e. The first-order chi connectivity index (χ1) is 8.29. The summed E-state index contributed by atoms with van der Waals surface area (Å²) in [7, 11) is 0. The second-order valence-corrected chi connectivity index (χ2v) is 3.95. The van der Waals surface area contributed by atoms with Gasteiger partial charge in [0.1, 0.15) is 0 Å². The van der Waals surface area contributed by atoms with Gasteiger partial charge in [0.05, 0.1) is 11.6 Å². The molecule has 0 aromatic heterocycles. The first-order valence-corrected chi connectivity index (χ1v) is 5.53. The van der Waals surface area contributed by atoms with E-state index in [2.05, 4.69) is 6.07 Å². The molecule has 0 aliphatic rings. The van der Waals surface area contributed by atoms with Crippen LogP contribution in [-0.4, -0.2) is 0 Å². The first-order valence-electron chi connectivity index (χ1n) is 5.53. The Morgan fingerprint density at radius 2 is 1.76 bits per heavy atom. The van der Waals surface area contributed by atoms with Gasteiger partial charge < -0.3 is 0 Å². The van der Waals surface area contributed by atoms with Crippen LogP contribution in [0, 0.1) is 18.3 Å². The molecule has 17 heavy (non-hydrogen) atoms. The van der Waals surface area contributed by atoms with E-state index in [0.717, 1.165) is 22.3 Å². The summed E-state index contributed by atoms with van der Waals surface area (Å²) in [6.07, 6.45) is 4.00. The number of nitrogens with zero attached hydrogens (tertiary/aromatic N) is 1. The molecule has 0 amide bonds. The van der Waals surface area contributed by atoms with Gasteiger partial charge in [0.15, 0.2) is 0 Å². The van der Waals surface area contributed by atoms with Crippen molar-refractivity contribution in [1.29, 1.82) is 5.26 Å². The fourth-order valence-corrected chi connectivity index (χ4v) is 1.66. The summed E-state index contributed by atoms with van der Waals surface area (Å²) < 4.78 is 0. The van der Waals surface area contributed by atoms with Crippen LogP contribution in [0.15, 0.2) is 48.5 Å². The molecule has 0 heterocycles. The highest BCUT2D eigenvalue weighted by Gasteiger charge is 1.98. The maximum absolute atomic E-state index is 9.06. The van der Waals surface area contributed by atoms with Crippen molar-refractivity contribution in [3.63, 3.8) is 0 Å². The molecule has 82 valence electrons. The topological polar surface area (TPSA) is 23.8 Å². The van der Waals surface area contributed by atoms with E-state index in [1.54, 1.807) is 0 Å². The molecule has 2 aromatic carbocycles. The van der Waals surface area contributed by atoms with Gasteiger partial charge in [-0.05, 0) is 29.7 Å². The lowest BCUT2D eigenvalue weighted by molar-refractivity contribution is 1.41. The van der Waals surface area contributed by atoms with Gasteiger partial charge in [-0.1, -0.05) is 54.6 Å². The number of hydrogen-bond acceptors (Lipinski definition) is 1. The highest BCUT2D eigenvalue weighted by molar-refractivity contribution is 5.72. The van der Waals surface area contributed by atoms with Gasteiger partial charge in [-0.15, -0.1) is 0 Å². The van der Waals surface area contributed by atoms with E-state index in [-0.39, 0.29) is 0 Å². The van der Waals surface area contributed by atoms with E-state index >= 15 is 0 Å². The van der Waals surface area contributed by atoms with Crippen LogP contribution in [0.3, 0.4) is 0 Å². The fourth-order valence-electron chi connectivity index (χ4n) is 1.66. The highest BCUT2D eigenvalue weighted by Crippen LogP contribution is 2.14. The molecular weight excluding hydrogens is 206 g/mol. The average Bonchev–Trinajstić information content (AvgIpc) is 2.38. The molecule has 0 aliphatic heterocycles. The minimum absolute atomic E-state index is 0.720. The molecule has 1 heteroatoms. The van der Waals surface area contributed by atoms with Crippen LogP contribution in [0.1, 0.15) is 22.3 Å². The second kappa shape index (κ2) is 5.14. The number of aryl methyl sites for hydroxylation is 1. The van der Waals surface area contributed by atoms with E-state index in [9.17, 15) is 0 Å². The normalized spacial score (nSPS) is 10.4. The zero-order valence-electron chi connectivity index (χ0n) is 9.72. The second-order valence-electron chi connectivity index (χ2n) is 3.95. The van der Waals surface area contributed by atoms with Crippen molar-refractivity contribution in [3.8, 4) is 6.07 Å². The van der Waals surface area contributed by atoms with Crippen LogP contribution < -0.4 is 0 Å². The summed E-state index contributed by atoms with van der Waals surface area (Å²) in [5, 5.41) is 9.06. The summed E-state index contributed by atoms with van der Waals surface area (Å²) in [6.45, 7) is 1.99. The summed E-state index contributed by atoms with van der Waals surface area (Å²) in [5.74, 6) is 0. The minimum atomic E-state index is 0.720. The lowest BCUT2D eigenvalue weighted by atomic mass is 10.0. The van der Waals surface area contributed by atoms with Gasteiger partial charge in [-0.2, -0.15) is 5.26 Å². The SMILES string of the molecule is Cc1ccc(C=Cc2ccccc2)c(C#N)c1. The smallest absolute Gasteiger partial charge is 0.0998 e. The predicted molar refractivity (Wildman–Crippen MR) is 71.3 cm³/mol. The molecule has 0 saturated carbocycles. The van der Waals surface area contributed by atoms with E-state index < -0.39 is 0 Å². The van der Waals surface area contributed by atoms with Crippen LogP contribution in [0.2, 0.25) is 0 Å². The summed E-state index contributed by atoms with van der Waals surface area (Å²) in [5.41, 5.74) is 3.93. The third-order valence-electron chi connectivity index (χ3n) is 2.58. The first kappa shape index (κ1) is 11.2. The molecule has 0 fully saturated rings. The Morgan fingerprint density at radius 3 is 2.47 bits per heavy atom. The van der Waals surface area contributed by atoms with Gasteiger partial charge >= 0.3 is 0 Å². The maximum atomic E-state index is 9.06. The monoisotopic (exact) mass is 219 g/mol. The van der Waals surface area contributed by atoms with Gasteiger partial charge in [-0.3, -0.25) is 0 Å². The fraction of sp³-hybridized carbons (Fsp3) is 0.0625. The highest BCUT2D eigenvalue weighted by atomic mass is 14.2.